The maximum absolute atomic E-state index is 12.6. The number of benzene rings is 1. The van der Waals surface area contributed by atoms with E-state index >= 15 is 0 Å². The Kier molecular flexibility index (Phi) is 4.37. The van der Waals surface area contributed by atoms with Crippen molar-refractivity contribution in [2.45, 2.75) is 25.7 Å². The van der Waals surface area contributed by atoms with Crippen LogP contribution in [0.4, 0.5) is 0 Å². The van der Waals surface area contributed by atoms with Gasteiger partial charge in [0.2, 0.25) is 5.91 Å². The summed E-state index contributed by atoms with van der Waals surface area (Å²) in [4.78, 5) is 19.3. The number of thiazole rings is 1. The number of likely N-dealkylation sites (tertiary alicyclic amines) is 1. The van der Waals surface area contributed by atoms with Gasteiger partial charge in [-0.1, -0.05) is 30.3 Å². The third kappa shape index (κ3) is 3.23. The molecule has 126 valence electrons. The van der Waals surface area contributed by atoms with E-state index in [1.54, 1.807) is 11.3 Å². The summed E-state index contributed by atoms with van der Waals surface area (Å²) in [5, 5.41) is 6.49. The topological polar surface area (TPSA) is 45.2 Å². The first-order valence-corrected chi connectivity index (χ1v) is 9.60. The molecule has 0 radical (unpaired) electrons. The lowest BCUT2D eigenvalue weighted by atomic mass is 9.78. The highest BCUT2D eigenvalue weighted by Gasteiger charge is 2.37. The summed E-state index contributed by atoms with van der Waals surface area (Å²) in [6.07, 6.45) is 3.96. The summed E-state index contributed by atoms with van der Waals surface area (Å²) in [7, 11) is 0. The van der Waals surface area contributed by atoms with Crippen molar-refractivity contribution in [3.63, 3.8) is 0 Å². The van der Waals surface area contributed by atoms with E-state index in [1.165, 1.54) is 6.42 Å². The fourth-order valence-corrected chi connectivity index (χ4v) is 4.65. The molecule has 0 aliphatic carbocycles. The number of nitrogens with zero attached hydrogens (tertiary/aromatic N) is 2. The molecule has 2 fully saturated rings. The molecule has 1 N–H and O–H groups in total. The highest BCUT2D eigenvalue weighted by molar-refractivity contribution is 7.13. The molecule has 2 aliphatic heterocycles. The lowest BCUT2D eigenvalue weighted by Crippen LogP contribution is -2.44. The van der Waals surface area contributed by atoms with Gasteiger partial charge in [-0.15, -0.1) is 11.3 Å². The molecular weight excluding hydrogens is 318 g/mol. The number of amides is 1. The van der Waals surface area contributed by atoms with Crippen LogP contribution in [0.1, 0.15) is 25.0 Å². The van der Waals surface area contributed by atoms with Gasteiger partial charge in [-0.3, -0.25) is 4.79 Å². The van der Waals surface area contributed by atoms with Crippen LogP contribution in [-0.4, -0.2) is 42.0 Å². The average molecular weight is 341 g/mol. The number of piperidine rings is 1. The highest BCUT2D eigenvalue weighted by Crippen LogP contribution is 2.37. The Labute approximate surface area is 146 Å². The first-order chi connectivity index (χ1) is 11.7. The van der Waals surface area contributed by atoms with Crippen LogP contribution in [0.5, 0.6) is 0 Å². The van der Waals surface area contributed by atoms with Gasteiger partial charge in [0.05, 0.1) is 12.1 Å². The van der Waals surface area contributed by atoms with Crippen molar-refractivity contribution in [2.24, 2.45) is 5.41 Å². The minimum absolute atomic E-state index is 0.223. The zero-order valence-corrected chi connectivity index (χ0v) is 14.6. The van der Waals surface area contributed by atoms with E-state index in [0.29, 0.717) is 11.8 Å². The number of hydrogen-bond donors (Lipinski definition) is 1. The molecule has 24 heavy (non-hydrogen) atoms. The second-order valence-electron chi connectivity index (χ2n) is 6.99. The van der Waals surface area contributed by atoms with E-state index in [9.17, 15) is 4.79 Å². The summed E-state index contributed by atoms with van der Waals surface area (Å²) in [6, 6.07) is 10.2. The molecule has 0 atom stereocenters. The molecule has 2 aromatic rings. The van der Waals surface area contributed by atoms with Crippen LogP contribution in [0.2, 0.25) is 0 Å². The number of nitrogens with one attached hydrogen (secondary N) is 1. The summed E-state index contributed by atoms with van der Waals surface area (Å²) in [6.45, 7) is 4.06. The van der Waals surface area contributed by atoms with Crippen LogP contribution in [-0.2, 0) is 11.2 Å². The van der Waals surface area contributed by atoms with Gasteiger partial charge in [0.15, 0.2) is 0 Å². The third-order valence-electron chi connectivity index (χ3n) is 5.41. The molecule has 3 heterocycles. The minimum Gasteiger partial charge on any atom is -0.342 e. The normalized spacial score (nSPS) is 19.8. The average Bonchev–Trinajstić information content (AvgIpc) is 3.26. The van der Waals surface area contributed by atoms with Crippen LogP contribution < -0.4 is 5.32 Å². The predicted molar refractivity (Wildman–Crippen MR) is 97.0 cm³/mol. The van der Waals surface area contributed by atoms with Gasteiger partial charge in [0, 0.05) is 30.6 Å². The maximum Gasteiger partial charge on any atom is 0.228 e. The Bertz CT molecular complexity index is 696. The summed E-state index contributed by atoms with van der Waals surface area (Å²) in [5.41, 5.74) is 2.47. The molecule has 5 heteroatoms. The largest absolute Gasteiger partial charge is 0.342 e. The molecule has 2 aliphatic rings. The quantitative estimate of drug-likeness (QED) is 0.933. The van der Waals surface area contributed by atoms with Crippen molar-refractivity contribution >= 4 is 17.2 Å². The lowest BCUT2D eigenvalue weighted by Gasteiger charge is -2.38. The maximum atomic E-state index is 12.6. The van der Waals surface area contributed by atoms with Gasteiger partial charge in [0.25, 0.3) is 0 Å². The van der Waals surface area contributed by atoms with Gasteiger partial charge in [-0.2, -0.15) is 0 Å². The van der Waals surface area contributed by atoms with Crippen molar-refractivity contribution in [3.8, 4) is 10.6 Å². The van der Waals surface area contributed by atoms with E-state index in [0.717, 1.165) is 55.3 Å². The van der Waals surface area contributed by atoms with Gasteiger partial charge >= 0.3 is 0 Å². The third-order valence-corrected chi connectivity index (χ3v) is 6.35. The minimum atomic E-state index is 0.223. The number of carbonyl (C=O) groups is 1. The molecule has 4 rings (SSSR count). The van der Waals surface area contributed by atoms with Gasteiger partial charge in [-0.05, 0) is 31.2 Å². The lowest BCUT2D eigenvalue weighted by molar-refractivity contribution is -0.132. The summed E-state index contributed by atoms with van der Waals surface area (Å²) in [5.74, 6) is 0.223. The second-order valence-corrected chi connectivity index (χ2v) is 7.85. The molecule has 0 bridgehead atoms. The van der Waals surface area contributed by atoms with Crippen LogP contribution in [0.15, 0.2) is 35.7 Å². The van der Waals surface area contributed by atoms with E-state index in [1.807, 2.05) is 28.5 Å². The van der Waals surface area contributed by atoms with E-state index in [4.69, 9.17) is 0 Å². The van der Waals surface area contributed by atoms with Gasteiger partial charge < -0.3 is 10.2 Å². The Morgan fingerprint density at radius 2 is 2.00 bits per heavy atom. The van der Waals surface area contributed by atoms with Crippen molar-refractivity contribution < 1.29 is 4.79 Å². The van der Waals surface area contributed by atoms with E-state index < -0.39 is 0 Å². The molecule has 1 spiro atoms. The fraction of sp³-hybridized carbons (Fsp3) is 0.474. The molecule has 1 amide bonds. The SMILES string of the molecule is O=C(Cc1csc(-c2ccccc2)n1)N1CCC2(CCNC2)CC1. The van der Waals surface area contributed by atoms with Crippen molar-refractivity contribution in [1.29, 1.82) is 0 Å². The van der Waals surface area contributed by atoms with E-state index in [2.05, 4.69) is 22.4 Å². The zero-order valence-electron chi connectivity index (χ0n) is 13.8. The Morgan fingerprint density at radius 3 is 2.71 bits per heavy atom. The van der Waals surface area contributed by atoms with Crippen LogP contribution in [0, 0.1) is 5.41 Å². The monoisotopic (exact) mass is 341 g/mol. The van der Waals surface area contributed by atoms with E-state index in [-0.39, 0.29) is 5.91 Å². The first-order valence-electron chi connectivity index (χ1n) is 8.73. The molecule has 4 nitrogen and oxygen atoms in total. The Hall–Kier alpha value is -1.72. The Balaban J connectivity index is 1.36. The van der Waals surface area contributed by atoms with Gasteiger partial charge in [-0.25, -0.2) is 4.98 Å². The highest BCUT2D eigenvalue weighted by atomic mass is 32.1. The number of carbonyl (C=O) groups excluding carboxylic acids is 1. The number of aromatic nitrogens is 1. The smallest absolute Gasteiger partial charge is 0.228 e. The fourth-order valence-electron chi connectivity index (χ4n) is 3.82. The standard InChI is InChI=1S/C19H23N3OS/c23-17(22-10-7-19(8-11-22)6-9-20-14-19)12-16-13-24-18(21-16)15-4-2-1-3-5-15/h1-5,13,20H,6-12,14H2. The van der Waals surface area contributed by atoms with Crippen LogP contribution >= 0.6 is 11.3 Å². The zero-order chi connectivity index (χ0) is 16.4. The molecule has 1 aromatic heterocycles. The predicted octanol–water partition coefficient (Wildman–Crippen LogP) is 2.95. The van der Waals surface area contributed by atoms with Crippen molar-refractivity contribution in [1.82, 2.24) is 15.2 Å². The van der Waals surface area contributed by atoms with Crippen LogP contribution in [0.25, 0.3) is 10.6 Å². The number of rotatable bonds is 3. The first kappa shape index (κ1) is 15.8. The summed E-state index contributed by atoms with van der Waals surface area (Å²) >= 11 is 1.62. The molecule has 1 aromatic carbocycles. The second kappa shape index (κ2) is 6.65. The number of hydrogen-bond acceptors (Lipinski definition) is 4. The Morgan fingerprint density at radius 1 is 1.21 bits per heavy atom. The van der Waals surface area contributed by atoms with Gasteiger partial charge in [0.1, 0.15) is 5.01 Å². The molecule has 0 saturated carbocycles. The molecular formula is C19H23N3OS. The molecule has 2 saturated heterocycles. The van der Waals surface area contributed by atoms with Crippen molar-refractivity contribution in [2.75, 3.05) is 26.2 Å². The van der Waals surface area contributed by atoms with Crippen molar-refractivity contribution in [3.05, 3.63) is 41.4 Å². The molecule has 0 unspecified atom stereocenters. The van der Waals surface area contributed by atoms with Crippen LogP contribution in [0.3, 0.4) is 0 Å². The summed E-state index contributed by atoms with van der Waals surface area (Å²) < 4.78 is 0.